The number of nitrogens with zero attached hydrogens (tertiary/aromatic N) is 3. The number of imidazole rings is 1. The number of likely N-dealkylation sites (N-methyl/N-ethyl adjacent to an activating group) is 2. The largest absolute Gasteiger partial charge is 0.357 e. The first-order valence-electron chi connectivity index (χ1n) is 9.33. The van der Waals surface area contributed by atoms with Crippen LogP contribution in [0.1, 0.15) is 56.6 Å². The topological polar surface area (TPSA) is 79.3 Å². The van der Waals surface area contributed by atoms with Crippen LogP contribution in [-0.2, 0) is 24.3 Å². The zero-order valence-corrected chi connectivity index (χ0v) is 17.1. The molecule has 0 radical (unpaired) electrons. The van der Waals surface area contributed by atoms with Crippen LogP contribution in [0.5, 0.6) is 0 Å². The van der Waals surface area contributed by atoms with Crippen molar-refractivity contribution in [3.05, 3.63) is 17.2 Å². The zero-order chi connectivity index (χ0) is 19.6. The predicted octanol–water partition coefficient (Wildman–Crippen LogP) is 1.42. The fourth-order valence-corrected chi connectivity index (χ4v) is 3.29. The molecule has 2 heterocycles. The number of fused-ring (bicyclic) bond motifs is 1. The van der Waals surface area contributed by atoms with Crippen molar-refractivity contribution < 1.29 is 9.59 Å². The fourth-order valence-electron chi connectivity index (χ4n) is 3.29. The van der Waals surface area contributed by atoms with Gasteiger partial charge >= 0.3 is 0 Å². The Hall–Kier alpha value is -1.89. The van der Waals surface area contributed by atoms with E-state index in [4.69, 9.17) is 0 Å². The summed E-state index contributed by atoms with van der Waals surface area (Å²) < 4.78 is 2.18. The standard InChI is InChI=1S/C19H33N5O2/c1-12(2)10-14-21-15(13-11-23(7)8-9-24(13)14)17(25)22-16(18(26)20-6)19(3,4)5/h12,16H,8-11H2,1-7H3,(H,20,26)(H,22,25). The van der Waals surface area contributed by atoms with Gasteiger partial charge in [-0.05, 0) is 18.4 Å². The van der Waals surface area contributed by atoms with Crippen molar-refractivity contribution in [1.82, 2.24) is 25.1 Å². The Morgan fingerprint density at radius 3 is 2.42 bits per heavy atom. The van der Waals surface area contributed by atoms with Gasteiger partial charge < -0.3 is 15.2 Å². The van der Waals surface area contributed by atoms with Crippen LogP contribution in [0.2, 0.25) is 0 Å². The van der Waals surface area contributed by atoms with Crippen LogP contribution in [0.15, 0.2) is 0 Å². The normalized spacial score (nSPS) is 16.3. The Labute approximate surface area is 156 Å². The van der Waals surface area contributed by atoms with Crippen LogP contribution in [0.25, 0.3) is 0 Å². The molecule has 2 rings (SSSR count). The van der Waals surface area contributed by atoms with Gasteiger partial charge in [0.1, 0.15) is 11.9 Å². The molecule has 0 spiro atoms. The molecule has 1 unspecified atom stereocenters. The Bertz CT molecular complexity index is 672. The minimum absolute atomic E-state index is 0.196. The predicted molar refractivity (Wildman–Crippen MR) is 102 cm³/mol. The van der Waals surface area contributed by atoms with Gasteiger partial charge in [0, 0.05) is 33.1 Å². The summed E-state index contributed by atoms with van der Waals surface area (Å²) in [5, 5.41) is 5.55. The third-order valence-corrected chi connectivity index (χ3v) is 4.73. The second-order valence-corrected chi connectivity index (χ2v) is 8.70. The maximum absolute atomic E-state index is 13.0. The molecule has 1 aliphatic heterocycles. The summed E-state index contributed by atoms with van der Waals surface area (Å²) in [5.41, 5.74) is 0.995. The minimum Gasteiger partial charge on any atom is -0.357 e. The molecule has 0 aliphatic carbocycles. The maximum Gasteiger partial charge on any atom is 0.272 e. The highest BCUT2D eigenvalue weighted by Gasteiger charge is 2.34. The first kappa shape index (κ1) is 20.4. The number of nitrogens with one attached hydrogen (secondary N) is 2. The molecule has 0 fully saturated rings. The van der Waals surface area contributed by atoms with Crippen LogP contribution in [0.3, 0.4) is 0 Å². The number of rotatable bonds is 5. The Balaban J connectivity index is 2.36. The van der Waals surface area contributed by atoms with Gasteiger partial charge in [0.15, 0.2) is 5.69 Å². The van der Waals surface area contributed by atoms with Crippen molar-refractivity contribution in [1.29, 1.82) is 0 Å². The molecule has 2 N–H and O–H groups in total. The second-order valence-electron chi connectivity index (χ2n) is 8.70. The zero-order valence-electron chi connectivity index (χ0n) is 17.1. The molecule has 1 atom stereocenters. The second kappa shape index (κ2) is 7.78. The molecule has 2 amide bonds. The third-order valence-electron chi connectivity index (χ3n) is 4.73. The van der Waals surface area contributed by atoms with Crippen molar-refractivity contribution in [3.63, 3.8) is 0 Å². The molecular formula is C19H33N5O2. The third kappa shape index (κ3) is 4.44. The lowest BCUT2D eigenvalue weighted by atomic mass is 9.86. The molecule has 0 saturated heterocycles. The van der Waals surface area contributed by atoms with Crippen molar-refractivity contribution in [2.75, 3.05) is 20.6 Å². The lowest BCUT2D eigenvalue weighted by Gasteiger charge is -2.30. The van der Waals surface area contributed by atoms with E-state index in [0.29, 0.717) is 18.2 Å². The van der Waals surface area contributed by atoms with Gasteiger partial charge in [-0.2, -0.15) is 0 Å². The molecule has 26 heavy (non-hydrogen) atoms. The summed E-state index contributed by atoms with van der Waals surface area (Å²) in [7, 11) is 3.63. The fraction of sp³-hybridized carbons (Fsp3) is 0.737. The number of aromatic nitrogens is 2. The molecule has 7 heteroatoms. The molecule has 146 valence electrons. The van der Waals surface area contributed by atoms with Crippen molar-refractivity contribution in [3.8, 4) is 0 Å². The van der Waals surface area contributed by atoms with E-state index in [9.17, 15) is 9.59 Å². The van der Waals surface area contributed by atoms with E-state index in [-0.39, 0.29) is 11.8 Å². The molecule has 0 bridgehead atoms. The van der Waals surface area contributed by atoms with Gasteiger partial charge in [-0.25, -0.2) is 4.98 Å². The van der Waals surface area contributed by atoms with Gasteiger partial charge in [-0.1, -0.05) is 34.6 Å². The van der Waals surface area contributed by atoms with E-state index in [1.54, 1.807) is 7.05 Å². The van der Waals surface area contributed by atoms with Gasteiger partial charge in [0.05, 0.1) is 5.69 Å². The first-order valence-corrected chi connectivity index (χ1v) is 9.33. The number of hydrogen-bond acceptors (Lipinski definition) is 4. The molecule has 1 aromatic heterocycles. The van der Waals surface area contributed by atoms with Crippen molar-refractivity contribution in [2.45, 2.75) is 60.2 Å². The Kier molecular flexibility index (Phi) is 6.11. The minimum atomic E-state index is -0.618. The average molecular weight is 364 g/mol. The van der Waals surface area contributed by atoms with E-state index in [2.05, 4.69) is 38.9 Å². The van der Waals surface area contributed by atoms with Crippen molar-refractivity contribution >= 4 is 11.8 Å². The van der Waals surface area contributed by atoms with Crippen molar-refractivity contribution in [2.24, 2.45) is 11.3 Å². The Morgan fingerprint density at radius 2 is 1.88 bits per heavy atom. The van der Waals surface area contributed by atoms with Crippen LogP contribution >= 0.6 is 0 Å². The molecule has 0 saturated carbocycles. The van der Waals surface area contributed by atoms with Crippen LogP contribution in [0, 0.1) is 11.3 Å². The maximum atomic E-state index is 13.0. The summed E-state index contributed by atoms with van der Waals surface area (Å²) in [4.78, 5) is 32.1. The van der Waals surface area contributed by atoms with Gasteiger partial charge in [0.2, 0.25) is 5.91 Å². The first-order chi connectivity index (χ1) is 12.0. The summed E-state index contributed by atoms with van der Waals surface area (Å²) in [5.74, 6) is 0.951. The van der Waals surface area contributed by atoms with Crippen LogP contribution in [-0.4, -0.2) is 52.9 Å². The monoisotopic (exact) mass is 363 g/mol. The van der Waals surface area contributed by atoms with E-state index >= 15 is 0 Å². The lowest BCUT2D eigenvalue weighted by Crippen LogP contribution is -2.53. The number of carbonyl (C=O) groups excluding carboxylic acids is 2. The molecular weight excluding hydrogens is 330 g/mol. The van der Waals surface area contributed by atoms with Crippen LogP contribution < -0.4 is 10.6 Å². The quantitative estimate of drug-likeness (QED) is 0.829. The van der Waals surface area contributed by atoms with E-state index in [0.717, 1.165) is 31.0 Å². The average Bonchev–Trinajstić information content (AvgIpc) is 2.87. The Morgan fingerprint density at radius 1 is 1.23 bits per heavy atom. The van der Waals surface area contributed by atoms with Gasteiger partial charge in [-0.15, -0.1) is 0 Å². The summed E-state index contributed by atoms with van der Waals surface area (Å²) in [6, 6.07) is -0.618. The lowest BCUT2D eigenvalue weighted by molar-refractivity contribution is -0.124. The molecule has 1 aromatic rings. The molecule has 1 aliphatic rings. The summed E-state index contributed by atoms with van der Waals surface area (Å²) in [6.07, 6.45) is 0.835. The molecule has 0 aromatic carbocycles. The highest BCUT2D eigenvalue weighted by Crippen LogP contribution is 2.23. The highest BCUT2D eigenvalue weighted by atomic mass is 16.2. The van der Waals surface area contributed by atoms with Gasteiger partial charge in [-0.3, -0.25) is 14.5 Å². The number of amides is 2. The summed E-state index contributed by atoms with van der Waals surface area (Å²) >= 11 is 0. The van der Waals surface area contributed by atoms with Crippen LogP contribution in [0.4, 0.5) is 0 Å². The highest BCUT2D eigenvalue weighted by molar-refractivity contribution is 5.97. The van der Waals surface area contributed by atoms with E-state index < -0.39 is 11.5 Å². The van der Waals surface area contributed by atoms with Gasteiger partial charge in [0.25, 0.3) is 5.91 Å². The SMILES string of the molecule is CNC(=O)C(NC(=O)c1nc(CC(C)C)n2c1CN(C)CC2)C(C)(C)C. The smallest absolute Gasteiger partial charge is 0.272 e. The molecule has 7 nitrogen and oxygen atoms in total. The van der Waals surface area contributed by atoms with E-state index in [1.165, 1.54) is 0 Å². The van der Waals surface area contributed by atoms with E-state index in [1.807, 2.05) is 27.8 Å². The summed E-state index contributed by atoms with van der Waals surface area (Å²) in [6.45, 7) is 12.6. The number of hydrogen-bond donors (Lipinski definition) is 2. The number of carbonyl (C=O) groups is 2.